The molecule has 0 aliphatic heterocycles. The first-order chi connectivity index (χ1) is 7.84. The van der Waals surface area contributed by atoms with E-state index in [0.717, 1.165) is 5.52 Å². The second kappa shape index (κ2) is 3.68. The van der Waals surface area contributed by atoms with Gasteiger partial charge in [0.1, 0.15) is 0 Å². The largest absolute Gasteiger partial charge is 0.256 e. The van der Waals surface area contributed by atoms with Gasteiger partial charge in [0, 0.05) is 17.8 Å². The van der Waals surface area contributed by atoms with Crippen molar-refractivity contribution in [1.29, 1.82) is 0 Å². The van der Waals surface area contributed by atoms with E-state index in [2.05, 4.69) is 35.1 Å². The molecule has 0 fully saturated rings. The van der Waals surface area contributed by atoms with Crippen LogP contribution in [-0.4, -0.2) is 9.97 Å². The molecule has 0 spiro atoms. The summed E-state index contributed by atoms with van der Waals surface area (Å²) in [6.45, 7) is 2.11. The summed E-state index contributed by atoms with van der Waals surface area (Å²) in [7, 11) is 0. The molecule has 0 N–H and O–H groups in total. The van der Waals surface area contributed by atoms with Crippen molar-refractivity contribution in [3.63, 3.8) is 0 Å². The third kappa shape index (κ3) is 1.49. The monoisotopic (exact) mass is 226 g/mol. The molecule has 0 aliphatic carbocycles. The van der Waals surface area contributed by atoms with E-state index >= 15 is 0 Å². The molecule has 0 unspecified atom stereocenters. The van der Waals surface area contributed by atoms with E-state index in [1.807, 2.05) is 24.0 Å². The van der Waals surface area contributed by atoms with E-state index < -0.39 is 0 Å². The Morgan fingerprint density at radius 3 is 2.94 bits per heavy atom. The van der Waals surface area contributed by atoms with E-state index in [-0.39, 0.29) is 0 Å². The van der Waals surface area contributed by atoms with Crippen molar-refractivity contribution in [2.75, 3.05) is 0 Å². The number of pyridine rings is 1. The van der Waals surface area contributed by atoms with E-state index in [4.69, 9.17) is 0 Å². The minimum absolute atomic E-state index is 1.05. The van der Waals surface area contributed by atoms with Crippen LogP contribution in [0.25, 0.3) is 21.3 Å². The molecule has 0 aliphatic rings. The van der Waals surface area contributed by atoms with Crippen LogP contribution in [0.2, 0.25) is 0 Å². The first kappa shape index (κ1) is 9.48. The number of hydrogen-bond donors (Lipinski definition) is 0. The Labute approximate surface area is 97.6 Å². The Hall–Kier alpha value is -1.74. The van der Waals surface area contributed by atoms with E-state index in [1.165, 1.54) is 21.4 Å². The molecule has 0 radical (unpaired) electrons. The van der Waals surface area contributed by atoms with Crippen LogP contribution in [-0.2, 0) is 0 Å². The lowest BCUT2D eigenvalue weighted by Crippen LogP contribution is -1.83. The lowest BCUT2D eigenvalue weighted by molar-refractivity contribution is 1.37. The summed E-state index contributed by atoms with van der Waals surface area (Å²) in [6, 6.07) is 8.39. The molecule has 0 saturated carbocycles. The smallest absolute Gasteiger partial charge is 0.0797 e. The van der Waals surface area contributed by atoms with Gasteiger partial charge in [0.2, 0.25) is 0 Å². The molecule has 1 aromatic carbocycles. The van der Waals surface area contributed by atoms with Crippen LogP contribution in [0.15, 0.2) is 42.2 Å². The highest BCUT2D eigenvalue weighted by molar-refractivity contribution is 7.13. The van der Waals surface area contributed by atoms with Gasteiger partial charge < -0.3 is 0 Å². The fraction of sp³-hybridized carbons (Fsp3) is 0.0769. The van der Waals surface area contributed by atoms with E-state index in [1.54, 1.807) is 11.3 Å². The van der Waals surface area contributed by atoms with Crippen molar-refractivity contribution in [2.24, 2.45) is 0 Å². The normalized spacial score (nSPS) is 10.8. The highest BCUT2D eigenvalue weighted by atomic mass is 32.1. The fourth-order valence-electron chi connectivity index (χ4n) is 1.80. The quantitative estimate of drug-likeness (QED) is 0.632. The number of fused-ring (bicyclic) bond motifs is 1. The van der Waals surface area contributed by atoms with Crippen LogP contribution in [0, 0.1) is 6.92 Å². The van der Waals surface area contributed by atoms with Gasteiger partial charge in [-0.05, 0) is 36.2 Å². The summed E-state index contributed by atoms with van der Waals surface area (Å²) < 4.78 is 0. The van der Waals surface area contributed by atoms with Crippen molar-refractivity contribution >= 4 is 22.2 Å². The lowest BCUT2D eigenvalue weighted by Gasteiger charge is -2.03. The van der Waals surface area contributed by atoms with Crippen LogP contribution in [0.4, 0.5) is 0 Å². The molecule has 0 amide bonds. The predicted molar refractivity (Wildman–Crippen MR) is 67.6 cm³/mol. The van der Waals surface area contributed by atoms with Crippen molar-refractivity contribution < 1.29 is 0 Å². The van der Waals surface area contributed by atoms with Gasteiger partial charge in [0.15, 0.2) is 0 Å². The minimum atomic E-state index is 1.05. The average Bonchev–Trinajstić information content (AvgIpc) is 2.83. The number of hydrogen-bond acceptors (Lipinski definition) is 3. The van der Waals surface area contributed by atoms with E-state index in [9.17, 15) is 0 Å². The summed E-state index contributed by atoms with van der Waals surface area (Å²) >= 11 is 1.66. The molecule has 16 heavy (non-hydrogen) atoms. The highest BCUT2D eigenvalue weighted by Gasteiger charge is 2.03. The fourth-order valence-corrected chi connectivity index (χ4v) is 2.42. The van der Waals surface area contributed by atoms with Gasteiger partial charge in [-0.15, -0.1) is 11.3 Å². The van der Waals surface area contributed by atoms with Gasteiger partial charge in [0.05, 0.1) is 15.9 Å². The number of aromatic nitrogens is 2. The van der Waals surface area contributed by atoms with Crippen molar-refractivity contribution in [2.45, 2.75) is 6.92 Å². The van der Waals surface area contributed by atoms with Gasteiger partial charge >= 0.3 is 0 Å². The zero-order chi connectivity index (χ0) is 11.0. The molecule has 78 valence electrons. The lowest BCUT2D eigenvalue weighted by atomic mass is 10.1. The predicted octanol–water partition coefficient (Wildman–Crippen LogP) is 3.67. The summed E-state index contributed by atoms with van der Waals surface area (Å²) in [5.41, 5.74) is 5.38. The summed E-state index contributed by atoms with van der Waals surface area (Å²) in [5, 5.41) is 1.22. The standard InChI is InChI=1S/C13H10N2S/c1-9-4-5-15-12-3-2-10(6-11(9)12)13-7-14-8-16-13/h2-8H,1H3. The first-order valence-electron chi connectivity index (χ1n) is 5.09. The maximum atomic E-state index is 4.35. The van der Waals surface area contributed by atoms with E-state index in [0.29, 0.717) is 0 Å². The summed E-state index contributed by atoms with van der Waals surface area (Å²) in [5.74, 6) is 0. The molecular weight excluding hydrogens is 216 g/mol. The average molecular weight is 226 g/mol. The number of rotatable bonds is 1. The van der Waals surface area contributed by atoms with Crippen molar-refractivity contribution in [1.82, 2.24) is 9.97 Å². The third-order valence-corrected chi connectivity index (χ3v) is 3.50. The molecule has 0 saturated heterocycles. The first-order valence-corrected chi connectivity index (χ1v) is 5.97. The molecule has 3 aromatic rings. The Morgan fingerprint density at radius 2 is 2.12 bits per heavy atom. The second-order valence-corrected chi connectivity index (χ2v) is 4.61. The number of nitrogens with zero attached hydrogens (tertiary/aromatic N) is 2. The Bertz CT molecular complexity index is 629. The van der Waals surface area contributed by atoms with Crippen LogP contribution >= 0.6 is 11.3 Å². The second-order valence-electron chi connectivity index (χ2n) is 3.73. The van der Waals surface area contributed by atoms with Crippen LogP contribution in [0.5, 0.6) is 0 Å². The molecular formula is C13H10N2S. The molecule has 3 rings (SSSR count). The number of benzene rings is 1. The summed E-state index contributed by atoms with van der Waals surface area (Å²) in [4.78, 5) is 9.66. The number of thiazole rings is 1. The zero-order valence-corrected chi connectivity index (χ0v) is 9.66. The molecule has 2 heterocycles. The van der Waals surface area contributed by atoms with Crippen LogP contribution < -0.4 is 0 Å². The molecule has 0 bridgehead atoms. The Balaban J connectivity index is 2.27. The molecule has 3 heteroatoms. The maximum absolute atomic E-state index is 4.35. The summed E-state index contributed by atoms with van der Waals surface area (Å²) in [6.07, 6.45) is 3.75. The topological polar surface area (TPSA) is 25.8 Å². The van der Waals surface area contributed by atoms with Gasteiger partial charge in [-0.3, -0.25) is 9.97 Å². The Morgan fingerprint density at radius 1 is 1.19 bits per heavy atom. The third-order valence-electron chi connectivity index (χ3n) is 2.68. The van der Waals surface area contributed by atoms with Gasteiger partial charge in [0.25, 0.3) is 0 Å². The highest BCUT2D eigenvalue weighted by Crippen LogP contribution is 2.27. The van der Waals surface area contributed by atoms with Gasteiger partial charge in [-0.25, -0.2) is 0 Å². The van der Waals surface area contributed by atoms with Gasteiger partial charge in [-0.1, -0.05) is 6.07 Å². The van der Waals surface area contributed by atoms with Crippen LogP contribution in [0.3, 0.4) is 0 Å². The molecule has 2 nitrogen and oxygen atoms in total. The van der Waals surface area contributed by atoms with Crippen molar-refractivity contribution in [3.05, 3.63) is 47.7 Å². The maximum Gasteiger partial charge on any atom is 0.0797 e. The van der Waals surface area contributed by atoms with Gasteiger partial charge in [-0.2, -0.15) is 0 Å². The molecule has 0 atom stereocenters. The molecule has 2 aromatic heterocycles. The Kier molecular flexibility index (Phi) is 2.18. The van der Waals surface area contributed by atoms with Crippen molar-refractivity contribution in [3.8, 4) is 10.4 Å². The zero-order valence-electron chi connectivity index (χ0n) is 8.84. The minimum Gasteiger partial charge on any atom is -0.256 e. The number of aryl methyl sites for hydroxylation is 1. The van der Waals surface area contributed by atoms with Crippen LogP contribution in [0.1, 0.15) is 5.56 Å². The SMILES string of the molecule is Cc1ccnc2ccc(-c3cncs3)cc12.